The van der Waals surface area contributed by atoms with E-state index in [1.807, 2.05) is 19.1 Å². The Morgan fingerprint density at radius 1 is 1.12 bits per heavy atom. The third-order valence-corrected chi connectivity index (χ3v) is 2.75. The molecule has 0 aromatic heterocycles. The molecule has 2 heteroatoms. The van der Waals surface area contributed by atoms with Crippen molar-refractivity contribution in [3.05, 3.63) is 29.8 Å². The molecule has 1 rings (SSSR count). The summed E-state index contributed by atoms with van der Waals surface area (Å²) in [6.45, 7) is 10.5. The Kier molecular flexibility index (Phi) is 4.58. The Hall–Kier alpha value is -1.02. The second kappa shape index (κ2) is 5.54. The maximum atomic E-state index is 5.97. The minimum Gasteiger partial charge on any atom is -0.488 e. The van der Waals surface area contributed by atoms with Gasteiger partial charge < -0.3 is 10.5 Å². The van der Waals surface area contributed by atoms with Crippen molar-refractivity contribution in [1.82, 2.24) is 0 Å². The molecule has 0 radical (unpaired) electrons. The van der Waals surface area contributed by atoms with Crippen LogP contribution in [0, 0.1) is 0 Å². The highest BCUT2D eigenvalue weighted by Gasteiger charge is 2.21. The van der Waals surface area contributed by atoms with Gasteiger partial charge in [-0.2, -0.15) is 0 Å². The minimum atomic E-state index is -0.215. The van der Waals surface area contributed by atoms with E-state index in [2.05, 4.69) is 39.8 Å². The highest BCUT2D eigenvalue weighted by molar-refractivity contribution is 5.29. The van der Waals surface area contributed by atoms with Gasteiger partial charge in [0.15, 0.2) is 0 Å². The maximum Gasteiger partial charge on any atom is 0.120 e. The first-order valence-electron chi connectivity index (χ1n) is 6.35. The van der Waals surface area contributed by atoms with E-state index in [4.69, 9.17) is 10.5 Å². The van der Waals surface area contributed by atoms with E-state index in [1.54, 1.807) is 0 Å². The van der Waals surface area contributed by atoms with Crippen molar-refractivity contribution >= 4 is 0 Å². The van der Waals surface area contributed by atoms with Crippen LogP contribution in [0.3, 0.4) is 0 Å². The Balaban J connectivity index is 2.68. The number of hydrogen-bond acceptors (Lipinski definition) is 2. The Morgan fingerprint density at radius 3 is 2.06 bits per heavy atom. The van der Waals surface area contributed by atoms with Crippen LogP contribution in [0.15, 0.2) is 24.3 Å². The lowest BCUT2D eigenvalue weighted by Crippen LogP contribution is -2.35. The second-order valence-electron chi connectivity index (χ2n) is 5.77. The van der Waals surface area contributed by atoms with Crippen LogP contribution in [0.1, 0.15) is 52.5 Å². The fourth-order valence-corrected chi connectivity index (χ4v) is 2.06. The molecule has 0 fully saturated rings. The predicted octanol–water partition coefficient (Wildman–Crippen LogP) is 3.70. The van der Waals surface area contributed by atoms with Crippen LogP contribution in [0.2, 0.25) is 0 Å². The van der Waals surface area contributed by atoms with E-state index in [9.17, 15) is 0 Å². The Morgan fingerprint density at radius 2 is 1.65 bits per heavy atom. The molecule has 2 N–H and O–H groups in total. The molecule has 2 nitrogen and oxygen atoms in total. The molecule has 17 heavy (non-hydrogen) atoms. The molecule has 0 heterocycles. The van der Waals surface area contributed by atoms with Crippen LogP contribution in [0.25, 0.3) is 0 Å². The largest absolute Gasteiger partial charge is 0.488 e. The average Bonchev–Trinajstić information content (AvgIpc) is 2.15. The van der Waals surface area contributed by atoms with E-state index in [1.165, 1.54) is 5.56 Å². The molecule has 0 aliphatic heterocycles. The van der Waals surface area contributed by atoms with Crippen molar-refractivity contribution in [2.45, 2.75) is 58.6 Å². The normalized spacial score (nSPS) is 13.8. The predicted molar refractivity (Wildman–Crippen MR) is 73.5 cm³/mol. The molecule has 1 aromatic carbocycles. The number of hydrogen-bond donors (Lipinski definition) is 1. The van der Waals surface area contributed by atoms with E-state index in [-0.39, 0.29) is 11.6 Å². The summed E-state index contributed by atoms with van der Waals surface area (Å²) in [5.41, 5.74) is 6.94. The van der Waals surface area contributed by atoms with Gasteiger partial charge in [0, 0.05) is 12.5 Å². The van der Waals surface area contributed by atoms with Crippen LogP contribution in [-0.2, 0) is 0 Å². The smallest absolute Gasteiger partial charge is 0.120 e. The molecule has 0 spiro atoms. The van der Waals surface area contributed by atoms with Gasteiger partial charge in [0.25, 0.3) is 0 Å². The second-order valence-corrected chi connectivity index (χ2v) is 5.77. The third kappa shape index (κ3) is 4.78. The van der Waals surface area contributed by atoms with Crippen LogP contribution in [0.5, 0.6) is 5.75 Å². The summed E-state index contributed by atoms with van der Waals surface area (Å²) < 4.78 is 5.97. The van der Waals surface area contributed by atoms with Gasteiger partial charge >= 0.3 is 0 Å². The molecule has 0 saturated carbocycles. The van der Waals surface area contributed by atoms with Crippen LogP contribution >= 0.6 is 0 Å². The van der Waals surface area contributed by atoms with Crippen molar-refractivity contribution < 1.29 is 4.74 Å². The minimum absolute atomic E-state index is 0.153. The topological polar surface area (TPSA) is 35.2 Å². The summed E-state index contributed by atoms with van der Waals surface area (Å²) in [6, 6.07) is 8.49. The molecule has 1 atom stereocenters. The fourth-order valence-electron chi connectivity index (χ4n) is 2.06. The molecular weight excluding hydrogens is 210 g/mol. The zero-order valence-electron chi connectivity index (χ0n) is 11.7. The standard InChI is InChI=1S/C15H25NO/c1-11(2)13-6-8-14(9-7-13)17-15(4,5)10-12(3)16/h6-9,11-12H,10,16H2,1-5H3. The average molecular weight is 235 g/mol. The van der Waals surface area contributed by atoms with Gasteiger partial charge in [-0.3, -0.25) is 0 Å². The highest BCUT2D eigenvalue weighted by Crippen LogP contribution is 2.24. The summed E-state index contributed by atoms with van der Waals surface area (Å²) in [7, 11) is 0. The van der Waals surface area contributed by atoms with Crippen LogP contribution in [-0.4, -0.2) is 11.6 Å². The number of ether oxygens (including phenoxy) is 1. The summed E-state index contributed by atoms with van der Waals surface area (Å²) in [5.74, 6) is 1.47. The van der Waals surface area contributed by atoms with Gasteiger partial charge in [-0.15, -0.1) is 0 Å². The summed E-state index contributed by atoms with van der Waals surface area (Å²) in [6.07, 6.45) is 0.846. The zero-order valence-corrected chi connectivity index (χ0v) is 11.7. The van der Waals surface area contributed by atoms with Gasteiger partial charge in [0.2, 0.25) is 0 Å². The van der Waals surface area contributed by atoms with Gasteiger partial charge in [0.05, 0.1) is 0 Å². The molecule has 0 saturated heterocycles. The summed E-state index contributed by atoms with van der Waals surface area (Å²) in [5, 5.41) is 0. The third-order valence-electron chi connectivity index (χ3n) is 2.75. The fraction of sp³-hybridized carbons (Fsp3) is 0.600. The van der Waals surface area contributed by atoms with Gasteiger partial charge in [0.1, 0.15) is 11.4 Å². The number of benzene rings is 1. The van der Waals surface area contributed by atoms with E-state index in [0.29, 0.717) is 5.92 Å². The van der Waals surface area contributed by atoms with E-state index >= 15 is 0 Å². The lowest BCUT2D eigenvalue weighted by molar-refractivity contribution is 0.0933. The Labute approximate surface area is 105 Å². The van der Waals surface area contributed by atoms with Gasteiger partial charge in [-0.25, -0.2) is 0 Å². The molecule has 0 bridgehead atoms. The quantitative estimate of drug-likeness (QED) is 0.844. The summed E-state index contributed by atoms with van der Waals surface area (Å²) >= 11 is 0. The molecule has 1 unspecified atom stereocenters. The first-order chi connectivity index (χ1) is 7.80. The van der Waals surface area contributed by atoms with Crippen molar-refractivity contribution in [1.29, 1.82) is 0 Å². The SMILES string of the molecule is CC(N)CC(C)(C)Oc1ccc(C(C)C)cc1. The lowest BCUT2D eigenvalue weighted by atomic mass is 10.00. The van der Waals surface area contributed by atoms with E-state index in [0.717, 1.165) is 12.2 Å². The van der Waals surface area contributed by atoms with Crippen molar-refractivity contribution in [2.75, 3.05) is 0 Å². The van der Waals surface area contributed by atoms with Crippen LogP contribution in [0.4, 0.5) is 0 Å². The molecule has 0 aliphatic carbocycles. The molecule has 96 valence electrons. The zero-order chi connectivity index (χ0) is 13.1. The number of rotatable bonds is 5. The molecule has 0 aliphatic rings. The first kappa shape index (κ1) is 14.0. The van der Waals surface area contributed by atoms with Crippen LogP contribution < -0.4 is 10.5 Å². The van der Waals surface area contributed by atoms with Crippen molar-refractivity contribution in [3.8, 4) is 5.75 Å². The molecule has 1 aromatic rings. The molecule has 0 amide bonds. The van der Waals surface area contributed by atoms with Gasteiger partial charge in [-0.05, 0) is 44.4 Å². The van der Waals surface area contributed by atoms with Gasteiger partial charge in [-0.1, -0.05) is 26.0 Å². The summed E-state index contributed by atoms with van der Waals surface area (Å²) in [4.78, 5) is 0. The van der Waals surface area contributed by atoms with Crippen molar-refractivity contribution in [3.63, 3.8) is 0 Å². The lowest BCUT2D eigenvalue weighted by Gasteiger charge is -2.28. The first-order valence-corrected chi connectivity index (χ1v) is 6.35. The molecular formula is C15H25NO. The van der Waals surface area contributed by atoms with Crippen molar-refractivity contribution in [2.24, 2.45) is 5.73 Å². The monoisotopic (exact) mass is 235 g/mol. The Bertz CT molecular complexity index is 338. The number of nitrogens with two attached hydrogens (primary N) is 1. The maximum absolute atomic E-state index is 5.97. The van der Waals surface area contributed by atoms with E-state index < -0.39 is 0 Å². The highest BCUT2D eigenvalue weighted by atomic mass is 16.5.